The average Bonchev–Trinajstić information content (AvgIpc) is 3.32. The van der Waals surface area contributed by atoms with Crippen LogP contribution in [0, 0.1) is 40.4 Å². The van der Waals surface area contributed by atoms with Crippen molar-refractivity contribution in [1.82, 2.24) is 0 Å². The highest BCUT2D eigenvalue weighted by Gasteiger charge is 2.66. The van der Waals surface area contributed by atoms with Crippen LogP contribution >= 0.6 is 0 Å². The van der Waals surface area contributed by atoms with Crippen LogP contribution < -0.4 is 0 Å². The lowest BCUT2D eigenvalue weighted by molar-refractivity contribution is -0.225. The number of carbonyl (C=O) groups is 5. The maximum Gasteiger partial charge on any atom is 0.428 e. The molecule has 0 spiro atoms. The number of esters is 2. The van der Waals surface area contributed by atoms with Gasteiger partial charge in [-0.15, -0.1) is 0 Å². The Balaban J connectivity index is 1.42. The topological polar surface area (TPSA) is 132 Å². The number of halogens is 4. The number of hydrogen-bond acceptors (Lipinski definition) is 10. The Hall–Kier alpha value is -2.93. The van der Waals surface area contributed by atoms with Crippen molar-refractivity contribution in [3.05, 3.63) is 0 Å². The lowest BCUT2D eigenvalue weighted by atomic mass is 9.43. The van der Waals surface area contributed by atoms with Crippen molar-refractivity contribution in [3.63, 3.8) is 0 Å². The average molecular weight is 651 g/mol. The standard InChI is InChI=1S/C31H42F4O10/c1-29-9-8-20(42-15-36)10-19(29)11-23(43-16-37)28-21-7-6-18(30(21,2)24(44-17-38)12-22(28)29)4-3-5-26(39)41-14-27(40)45-25(13-32)31(33,34)35/h15-25,28H,3-14H2,1-2H3/t18-,19?,20?,21-,22-,23?,24?,25?,28?,29-,30?/m0/s1. The molecular weight excluding hydrogens is 608 g/mol. The zero-order valence-electron chi connectivity index (χ0n) is 25.5. The first-order chi connectivity index (χ1) is 21.3. The molecule has 11 atom stereocenters. The fourth-order valence-corrected chi connectivity index (χ4v) is 9.46. The van der Waals surface area contributed by atoms with Gasteiger partial charge in [0.05, 0.1) is 0 Å². The van der Waals surface area contributed by atoms with Gasteiger partial charge in [0.2, 0.25) is 6.10 Å². The Labute approximate surface area is 259 Å². The second kappa shape index (κ2) is 14.2. The first-order valence-electron chi connectivity index (χ1n) is 15.6. The van der Waals surface area contributed by atoms with E-state index in [1.165, 1.54) is 0 Å². The quantitative estimate of drug-likeness (QED) is 0.113. The van der Waals surface area contributed by atoms with E-state index >= 15 is 0 Å². The van der Waals surface area contributed by atoms with Gasteiger partial charge in [0.25, 0.3) is 19.4 Å². The van der Waals surface area contributed by atoms with Crippen LogP contribution in [0.5, 0.6) is 0 Å². The van der Waals surface area contributed by atoms with Crippen LogP contribution in [0.25, 0.3) is 0 Å². The van der Waals surface area contributed by atoms with Crippen molar-refractivity contribution in [2.24, 2.45) is 40.4 Å². The molecule has 4 aliphatic carbocycles. The Bertz CT molecular complexity index is 1090. The summed E-state index contributed by atoms with van der Waals surface area (Å²) in [5.74, 6) is -1.91. The van der Waals surface area contributed by atoms with Gasteiger partial charge in [-0.25, -0.2) is 9.18 Å². The first kappa shape index (κ1) is 34.9. The number of fused-ring (bicyclic) bond motifs is 5. The maximum atomic E-state index is 12.6. The number of carbonyl (C=O) groups excluding carboxylic acids is 5. The Kier molecular flexibility index (Phi) is 11.0. The molecule has 0 aromatic heterocycles. The maximum absolute atomic E-state index is 12.6. The van der Waals surface area contributed by atoms with E-state index in [1.54, 1.807) is 0 Å². The summed E-state index contributed by atoms with van der Waals surface area (Å²) >= 11 is 0. The number of hydrogen-bond donors (Lipinski definition) is 0. The molecule has 0 aromatic rings. The molecule has 4 fully saturated rings. The van der Waals surface area contributed by atoms with E-state index in [0.717, 1.165) is 25.7 Å². The zero-order valence-corrected chi connectivity index (χ0v) is 25.5. The zero-order chi connectivity index (χ0) is 33.0. The van der Waals surface area contributed by atoms with E-state index in [2.05, 4.69) is 18.6 Å². The SMILES string of the molecule is CC12C(OC=O)C[C@H]3C(C(OC=O)CC4CC(OC=O)CC[C@@]43C)[C@@H]1CC[C@@H]2CCCC(=O)OCC(=O)OC(CF)C(F)(F)F. The smallest absolute Gasteiger partial charge is 0.428 e. The van der Waals surface area contributed by atoms with Gasteiger partial charge in [-0.1, -0.05) is 13.8 Å². The van der Waals surface area contributed by atoms with Crippen molar-refractivity contribution < 1.29 is 65.2 Å². The van der Waals surface area contributed by atoms with Crippen LogP contribution in [0.15, 0.2) is 0 Å². The molecule has 0 aliphatic heterocycles. The largest absolute Gasteiger partial charge is 0.465 e. The molecule has 4 saturated carbocycles. The highest BCUT2D eigenvalue weighted by atomic mass is 19.4. The van der Waals surface area contributed by atoms with Gasteiger partial charge in [0.1, 0.15) is 25.0 Å². The van der Waals surface area contributed by atoms with Crippen LogP contribution in [0.2, 0.25) is 0 Å². The van der Waals surface area contributed by atoms with E-state index in [0.29, 0.717) is 51.5 Å². The third-order valence-electron chi connectivity index (χ3n) is 11.6. The van der Waals surface area contributed by atoms with E-state index < -0.39 is 49.0 Å². The molecule has 0 N–H and O–H groups in total. The number of ether oxygens (including phenoxy) is 5. The summed E-state index contributed by atoms with van der Waals surface area (Å²) in [5, 5.41) is 0. The summed E-state index contributed by atoms with van der Waals surface area (Å²) in [4.78, 5) is 58.3. The van der Waals surface area contributed by atoms with Gasteiger partial charge >= 0.3 is 18.1 Å². The highest BCUT2D eigenvalue weighted by Crippen LogP contribution is 2.68. The van der Waals surface area contributed by atoms with E-state index in [4.69, 9.17) is 18.9 Å². The molecule has 4 rings (SSSR count). The van der Waals surface area contributed by atoms with Crippen LogP contribution in [0.1, 0.15) is 78.1 Å². The second-order valence-corrected chi connectivity index (χ2v) is 13.5. The van der Waals surface area contributed by atoms with Crippen molar-refractivity contribution in [2.45, 2.75) is 109 Å². The summed E-state index contributed by atoms with van der Waals surface area (Å²) in [7, 11) is 0. The van der Waals surface area contributed by atoms with Gasteiger partial charge in [-0.05, 0) is 86.9 Å². The third kappa shape index (κ3) is 7.08. The summed E-state index contributed by atoms with van der Waals surface area (Å²) < 4.78 is 76.0. The highest BCUT2D eigenvalue weighted by molar-refractivity contribution is 5.76. The van der Waals surface area contributed by atoms with Crippen LogP contribution in [0.3, 0.4) is 0 Å². The molecule has 254 valence electrons. The molecule has 0 amide bonds. The van der Waals surface area contributed by atoms with E-state index in [9.17, 15) is 41.5 Å². The molecule has 0 aromatic carbocycles. The predicted octanol–water partition coefficient (Wildman–Crippen LogP) is 4.65. The first-order valence-corrected chi connectivity index (χ1v) is 15.6. The molecule has 45 heavy (non-hydrogen) atoms. The monoisotopic (exact) mass is 650 g/mol. The summed E-state index contributed by atoms with van der Waals surface area (Å²) in [6.45, 7) is 2.78. The molecule has 7 unspecified atom stereocenters. The van der Waals surface area contributed by atoms with Crippen molar-refractivity contribution in [1.29, 1.82) is 0 Å². The molecule has 0 heterocycles. The van der Waals surface area contributed by atoms with Gasteiger partial charge in [-0.2, -0.15) is 13.2 Å². The number of alkyl halides is 4. The van der Waals surface area contributed by atoms with Crippen LogP contribution in [-0.4, -0.2) is 75.2 Å². The molecule has 14 heteroatoms. The Morgan fingerprint density at radius 2 is 1.62 bits per heavy atom. The minimum absolute atomic E-state index is 0.0299. The van der Waals surface area contributed by atoms with Crippen LogP contribution in [-0.2, 0) is 47.7 Å². The van der Waals surface area contributed by atoms with Crippen LogP contribution in [0.4, 0.5) is 17.6 Å². The van der Waals surface area contributed by atoms with Crippen molar-refractivity contribution >= 4 is 31.4 Å². The summed E-state index contributed by atoms with van der Waals surface area (Å²) in [5.41, 5.74) is -0.602. The molecule has 0 radical (unpaired) electrons. The lowest BCUT2D eigenvalue weighted by Crippen LogP contribution is -2.62. The normalized spacial score (nSPS) is 37.9. The Morgan fingerprint density at radius 3 is 2.27 bits per heavy atom. The van der Waals surface area contributed by atoms with Crippen molar-refractivity contribution in [3.8, 4) is 0 Å². The predicted molar refractivity (Wildman–Crippen MR) is 146 cm³/mol. The van der Waals surface area contributed by atoms with Gasteiger partial charge in [-0.3, -0.25) is 19.2 Å². The molecule has 0 saturated heterocycles. The minimum atomic E-state index is -5.07. The second-order valence-electron chi connectivity index (χ2n) is 13.5. The van der Waals surface area contributed by atoms with Gasteiger partial charge in [0, 0.05) is 17.8 Å². The summed E-state index contributed by atoms with van der Waals surface area (Å²) in [6.07, 6.45) is -3.08. The molecule has 4 aliphatic rings. The number of rotatable bonds is 14. The van der Waals surface area contributed by atoms with Gasteiger partial charge in [0.15, 0.2) is 6.61 Å². The van der Waals surface area contributed by atoms with Crippen molar-refractivity contribution in [2.75, 3.05) is 13.3 Å². The third-order valence-corrected chi connectivity index (χ3v) is 11.6. The van der Waals surface area contributed by atoms with E-state index in [-0.39, 0.29) is 53.6 Å². The summed E-state index contributed by atoms with van der Waals surface area (Å²) in [6, 6.07) is 0. The molecule has 10 nitrogen and oxygen atoms in total. The van der Waals surface area contributed by atoms with E-state index in [1.807, 2.05) is 0 Å². The van der Waals surface area contributed by atoms with Gasteiger partial charge < -0.3 is 23.7 Å². The fourth-order valence-electron chi connectivity index (χ4n) is 9.46. The lowest BCUT2D eigenvalue weighted by Gasteiger charge is -2.63. The fraction of sp³-hybridized carbons (Fsp3) is 0.839. The Morgan fingerprint density at radius 1 is 0.911 bits per heavy atom. The molecule has 0 bridgehead atoms. The molecular formula is C31H42F4O10. The minimum Gasteiger partial charge on any atom is -0.465 e.